The van der Waals surface area contributed by atoms with Crippen molar-refractivity contribution in [3.63, 3.8) is 0 Å². The maximum atomic E-state index is 12.5. The van der Waals surface area contributed by atoms with Crippen molar-refractivity contribution in [2.24, 2.45) is 5.92 Å². The predicted octanol–water partition coefficient (Wildman–Crippen LogP) is 2.20. The highest BCUT2D eigenvalue weighted by Crippen LogP contribution is 2.28. The Balaban J connectivity index is 0.000000404. The lowest BCUT2D eigenvalue weighted by Crippen LogP contribution is -2.61. The molecular weight excluding hydrogens is 520 g/mol. The van der Waals surface area contributed by atoms with E-state index in [2.05, 4.69) is 15.2 Å². The Morgan fingerprint density at radius 1 is 1.08 bits per heavy atom. The Labute approximate surface area is 207 Å². The number of likely N-dealkylation sites (tertiary alicyclic amines) is 1. The Morgan fingerprint density at radius 3 is 2.11 bits per heavy atom. The van der Waals surface area contributed by atoms with Gasteiger partial charge >= 0.3 is 24.3 Å². The summed E-state index contributed by atoms with van der Waals surface area (Å²) in [6.45, 7) is 4.22. The zero-order valence-corrected chi connectivity index (χ0v) is 19.6. The molecule has 3 rings (SSSR count). The molecule has 1 aromatic rings. The van der Waals surface area contributed by atoms with Crippen molar-refractivity contribution in [1.29, 1.82) is 0 Å². The van der Waals surface area contributed by atoms with Gasteiger partial charge in [0, 0.05) is 51.3 Å². The van der Waals surface area contributed by atoms with Crippen LogP contribution >= 0.6 is 0 Å². The van der Waals surface area contributed by atoms with Crippen molar-refractivity contribution in [3.05, 3.63) is 30.1 Å². The number of nitrogens with one attached hydrogen (secondary N) is 1. The second kappa shape index (κ2) is 14.7. The van der Waals surface area contributed by atoms with Crippen LogP contribution in [-0.4, -0.2) is 102 Å². The van der Waals surface area contributed by atoms with Crippen molar-refractivity contribution >= 4 is 17.8 Å². The summed E-state index contributed by atoms with van der Waals surface area (Å²) in [6.07, 6.45) is -4.50. The molecular formula is C21H27F6N3O7. The quantitative estimate of drug-likeness (QED) is 0.474. The zero-order valence-electron chi connectivity index (χ0n) is 19.6. The number of piperidine rings is 1. The molecule has 1 aromatic heterocycles. The van der Waals surface area contributed by atoms with Crippen LogP contribution in [-0.2, 0) is 19.1 Å². The SMILES string of the molecule is COCCN1C[C@@H]2CCCO[C@@H]2[C@H](NC(=O)c2ccncc2)C1.O=C(O)C(F)(F)F.O=C(O)C(F)(F)F. The maximum absolute atomic E-state index is 12.5. The molecule has 210 valence electrons. The smallest absolute Gasteiger partial charge is 0.475 e. The van der Waals surface area contributed by atoms with E-state index in [0.717, 1.165) is 39.1 Å². The molecule has 2 aliphatic rings. The standard InChI is InChI=1S/C17H25N3O3.2C2HF3O2/c1-22-10-8-20-11-14-3-2-9-23-16(14)15(12-20)19-17(21)13-4-6-18-7-5-13;2*3-2(4,5)1(6)7/h4-7,14-16H,2-3,8-12H2,1H3,(H,19,21);2*(H,6,7)/t14-,15+,16-;;/m0../s1. The normalized spacial score (nSPS) is 21.8. The molecule has 16 heteroatoms. The van der Waals surface area contributed by atoms with Crippen LogP contribution in [0.15, 0.2) is 24.5 Å². The average molecular weight is 547 g/mol. The van der Waals surface area contributed by atoms with E-state index < -0.39 is 24.3 Å². The van der Waals surface area contributed by atoms with Gasteiger partial charge in [0.2, 0.25) is 0 Å². The Bertz CT molecular complexity index is 846. The van der Waals surface area contributed by atoms with Gasteiger partial charge in [-0.2, -0.15) is 26.3 Å². The van der Waals surface area contributed by atoms with Gasteiger partial charge in [-0.3, -0.25) is 14.7 Å². The molecule has 2 fully saturated rings. The third-order valence-corrected chi connectivity index (χ3v) is 5.19. The van der Waals surface area contributed by atoms with Gasteiger partial charge in [0.25, 0.3) is 5.91 Å². The molecule has 3 N–H and O–H groups in total. The molecule has 0 unspecified atom stereocenters. The molecule has 3 heterocycles. The fourth-order valence-corrected chi connectivity index (χ4v) is 3.58. The minimum atomic E-state index is -5.08. The summed E-state index contributed by atoms with van der Waals surface area (Å²) in [4.78, 5) is 36.6. The van der Waals surface area contributed by atoms with Gasteiger partial charge in [0.1, 0.15) is 0 Å². The van der Waals surface area contributed by atoms with E-state index in [-0.39, 0.29) is 18.1 Å². The van der Waals surface area contributed by atoms with Gasteiger partial charge in [-0.05, 0) is 30.9 Å². The summed E-state index contributed by atoms with van der Waals surface area (Å²) in [5, 5.41) is 17.4. The largest absolute Gasteiger partial charge is 0.490 e. The summed E-state index contributed by atoms with van der Waals surface area (Å²) in [7, 11) is 1.72. The molecule has 10 nitrogen and oxygen atoms in total. The monoisotopic (exact) mass is 547 g/mol. The molecule has 0 aromatic carbocycles. The van der Waals surface area contributed by atoms with E-state index in [1.807, 2.05) is 0 Å². The predicted molar refractivity (Wildman–Crippen MR) is 114 cm³/mol. The van der Waals surface area contributed by atoms with Crippen molar-refractivity contribution < 1.29 is 60.4 Å². The Kier molecular flexibility index (Phi) is 12.7. The van der Waals surface area contributed by atoms with E-state index in [1.165, 1.54) is 0 Å². The fraction of sp³-hybridized carbons (Fsp3) is 0.619. The highest BCUT2D eigenvalue weighted by Gasteiger charge is 2.40. The number of aliphatic carboxylic acids is 2. The van der Waals surface area contributed by atoms with Crippen LogP contribution in [0, 0.1) is 5.92 Å². The van der Waals surface area contributed by atoms with E-state index in [9.17, 15) is 31.1 Å². The topological polar surface area (TPSA) is 138 Å². The molecule has 1 amide bonds. The lowest BCUT2D eigenvalue weighted by molar-refractivity contribution is -0.193. The first-order valence-electron chi connectivity index (χ1n) is 10.8. The zero-order chi connectivity index (χ0) is 28.2. The van der Waals surface area contributed by atoms with Crippen molar-refractivity contribution in [2.75, 3.05) is 40.0 Å². The number of carbonyl (C=O) groups excluding carboxylic acids is 1. The molecule has 0 spiro atoms. The first kappa shape index (κ1) is 32.0. The first-order valence-corrected chi connectivity index (χ1v) is 10.8. The number of aromatic nitrogens is 1. The van der Waals surface area contributed by atoms with Gasteiger partial charge in [-0.15, -0.1) is 0 Å². The van der Waals surface area contributed by atoms with Crippen LogP contribution in [0.25, 0.3) is 0 Å². The summed E-state index contributed by atoms with van der Waals surface area (Å²) in [5.74, 6) is -5.09. The number of methoxy groups -OCH3 is 1. The van der Waals surface area contributed by atoms with Crippen molar-refractivity contribution in [2.45, 2.75) is 37.3 Å². The number of halogens is 6. The van der Waals surface area contributed by atoms with Gasteiger partial charge in [-0.25, -0.2) is 9.59 Å². The van der Waals surface area contributed by atoms with Gasteiger partial charge in [0.05, 0.1) is 18.8 Å². The van der Waals surface area contributed by atoms with E-state index in [4.69, 9.17) is 29.3 Å². The number of carbonyl (C=O) groups is 3. The first-order chi connectivity index (χ1) is 17.2. The van der Waals surface area contributed by atoms with Crippen LogP contribution in [0.4, 0.5) is 26.3 Å². The average Bonchev–Trinajstić information content (AvgIpc) is 2.83. The number of ether oxygens (including phenoxy) is 2. The minimum Gasteiger partial charge on any atom is -0.475 e. The number of fused-ring (bicyclic) bond motifs is 1. The number of carboxylic acid groups (broad SMARTS) is 2. The number of carboxylic acids is 2. The van der Waals surface area contributed by atoms with E-state index in [1.54, 1.807) is 31.6 Å². The Hall–Kier alpha value is -2.98. The van der Waals surface area contributed by atoms with Crippen LogP contribution in [0.2, 0.25) is 0 Å². The maximum Gasteiger partial charge on any atom is 0.490 e. The number of amides is 1. The molecule has 0 saturated carbocycles. The Morgan fingerprint density at radius 2 is 1.62 bits per heavy atom. The van der Waals surface area contributed by atoms with Gasteiger partial charge in [0.15, 0.2) is 0 Å². The number of alkyl halides is 6. The van der Waals surface area contributed by atoms with Crippen molar-refractivity contribution in [1.82, 2.24) is 15.2 Å². The minimum absolute atomic E-state index is 0.0200. The van der Waals surface area contributed by atoms with Crippen LogP contribution in [0.5, 0.6) is 0 Å². The van der Waals surface area contributed by atoms with Gasteiger partial charge in [-0.1, -0.05) is 0 Å². The highest BCUT2D eigenvalue weighted by atomic mass is 19.4. The van der Waals surface area contributed by atoms with E-state index >= 15 is 0 Å². The number of hydrogen-bond donors (Lipinski definition) is 3. The molecule has 2 saturated heterocycles. The molecule has 0 bridgehead atoms. The third-order valence-electron chi connectivity index (χ3n) is 5.19. The number of hydrogen-bond acceptors (Lipinski definition) is 7. The molecule has 3 atom stereocenters. The highest BCUT2D eigenvalue weighted by molar-refractivity contribution is 5.94. The van der Waals surface area contributed by atoms with Crippen molar-refractivity contribution in [3.8, 4) is 0 Å². The second-order valence-electron chi connectivity index (χ2n) is 7.91. The fourth-order valence-electron chi connectivity index (χ4n) is 3.58. The lowest BCUT2D eigenvalue weighted by Gasteiger charge is -2.46. The van der Waals surface area contributed by atoms with Gasteiger partial charge < -0.3 is 25.0 Å². The van der Waals surface area contributed by atoms with Crippen LogP contribution in [0.1, 0.15) is 23.2 Å². The molecule has 2 aliphatic heterocycles. The summed E-state index contributed by atoms with van der Waals surface area (Å²) >= 11 is 0. The number of pyridine rings is 1. The van der Waals surface area contributed by atoms with Crippen LogP contribution < -0.4 is 5.32 Å². The summed E-state index contributed by atoms with van der Waals surface area (Å²) < 4.78 is 74.7. The number of rotatable bonds is 5. The molecule has 0 radical (unpaired) electrons. The molecule has 0 aliphatic carbocycles. The van der Waals surface area contributed by atoms with Crippen LogP contribution in [0.3, 0.4) is 0 Å². The second-order valence-corrected chi connectivity index (χ2v) is 7.91. The van der Waals surface area contributed by atoms with E-state index in [0.29, 0.717) is 18.1 Å². The lowest BCUT2D eigenvalue weighted by atomic mass is 9.85. The molecule has 37 heavy (non-hydrogen) atoms. The summed E-state index contributed by atoms with van der Waals surface area (Å²) in [5.41, 5.74) is 0.640. The number of nitrogens with zero attached hydrogens (tertiary/aromatic N) is 2. The third kappa shape index (κ3) is 11.7. The summed E-state index contributed by atoms with van der Waals surface area (Å²) in [6, 6.07) is 3.49.